The van der Waals surface area contributed by atoms with Gasteiger partial charge in [0, 0.05) is 86.2 Å². The Labute approximate surface area is 432 Å². The SMILES string of the molecule is CC(=O)N[C@@H](CCCN=C(N)N)C(=O)N[C@H]1CCC(=O)NCCC[C@@H](C(N)=O)NC(=O)[C@H](Cc2c[nH]c3ccccc23)CC(=O)[C@H](CCCN=C(N)N)CC(=O)[C@@H](Cc2ccccc2Cl)NC(=O)[C@H](CO)NC1=O. The summed E-state index contributed by atoms with van der Waals surface area (Å²) in [6, 6.07) is 6.77. The van der Waals surface area contributed by atoms with Gasteiger partial charge in [0.15, 0.2) is 17.7 Å². The van der Waals surface area contributed by atoms with Crippen molar-refractivity contribution >= 4 is 87.3 Å². The number of hydrogen-bond acceptors (Lipinski definition) is 12. The van der Waals surface area contributed by atoms with E-state index in [-0.39, 0.29) is 101 Å². The highest BCUT2D eigenvalue weighted by atomic mass is 35.5. The highest BCUT2D eigenvalue weighted by Gasteiger charge is 2.35. The molecule has 4 rings (SSSR count). The minimum Gasteiger partial charge on any atom is -0.394 e. The van der Waals surface area contributed by atoms with Crippen molar-refractivity contribution in [2.45, 2.75) is 114 Å². The lowest BCUT2D eigenvalue weighted by atomic mass is 9.83. The lowest BCUT2D eigenvalue weighted by Gasteiger charge is -2.26. The van der Waals surface area contributed by atoms with Crippen LogP contribution in [0.4, 0.5) is 0 Å². The Hall–Kier alpha value is -7.60. The first-order valence-electron chi connectivity index (χ1n) is 24.4. The fraction of sp³-hybridized carbons (Fsp3) is 0.490. The van der Waals surface area contributed by atoms with Crippen LogP contribution in [0.1, 0.15) is 82.3 Å². The van der Waals surface area contributed by atoms with Gasteiger partial charge in [0.2, 0.25) is 41.4 Å². The maximum atomic E-state index is 14.7. The van der Waals surface area contributed by atoms with E-state index in [2.05, 4.69) is 46.9 Å². The average molecular weight is 1050 g/mol. The summed E-state index contributed by atoms with van der Waals surface area (Å²) in [6.45, 7) is 0.369. The van der Waals surface area contributed by atoms with Crippen molar-refractivity contribution in [3.8, 4) is 0 Å². The first-order chi connectivity index (χ1) is 35.3. The number of nitrogens with one attached hydrogen (secondary N) is 7. The number of hydrogen-bond donors (Lipinski definition) is 13. The van der Waals surface area contributed by atoms with Crippen LogP contribution in [0.5, 0.6) is 0 Å². The first-order valence-corrected chi connectivity index (χ1v) is 24.7. The number of amides is 7. The monoisotopic (exact) mass is 1050 g/mol. The number of nitrogens with two attached hydrogens (primary N) is 5. The summed E-state index contributed by atoms with van der Waals surface area (Å²) in [5.74, 6) is -9.25. The Bertz CT molecular complexity index is 2530. The summed E-state index contributed by atoms with van der Waals surface area (Å²) < 4.78 is 0. The summed E-state index contributed by atoms with van der Waals surface area (Å²) in [5, 5.41) is 27.1. The fourth-order valence-corrected chi connectivity index (χ4v) is 8.65. The first kappa shape index (κ1) is 59.0. The van der Waals surface area contributed by atoms with E-state index >= 15 is 0 Å². The number of aliphatic hydroxyl groups excluding tert-OH is 1. The number of benzene rings is 2. The molecule has 25 heteroatoms. The number of aromatic nitrogens is 1. The summed E-state index contributed by atoms with van der Waals surface area (Å²) in [5.41, 5.74) is 29.7. The van der Waals surface area contributed by atoms with Crippen LogP contribution in [0.15, 0.2) is 64.7 Å². The molecular formula is C49H69ClN14O10. The van der Waals surface area contributed by atoms with Crippen molar-refractivity contribution in [3.63, 3.8) is 0 Å². The molecule has 0 spiro atoms. The zero-order chi connectivity index (χ0) is 54.3. The molecule has 0 aliphatic carbocycles. The summed E-state index contributed by atoms with van der Waals surface area (Å²) in [7, 11) is 0. The summed E-state index contributed by atoms with van der Waals surface area (Å²) in [4.78, 5) is 135. The third kappa shape index (κ3) is 19.4. The molecule has 24 nitrogen and oxygen atoms in total. The van der Waals surface area contributed by atoms with E-state index in [0.29, 0.717) is 11.1 Å². The van der Waals surface area contributed by atoms with Crippen molar-refractivity contribution in [1.29, 1.82) is 0 Å². The minimum atomic E-state index is -1.73. The molecule has 0 unspecified atom stereocenters. The van der Waals surface area contributed by atoms with Gasteiger partial charge >= 0.3 is 0 Å². The van der Waals surface area contributed by atoms with E-state index in [1.165, 1.54) is 6.92 Å². The number of rotatable bonds is 17. The van der Waals surface area contributed by atoms with Gasteiger partial charge in [-0.3, -0.25) is 53.1 Å². The number of fused-ring (bicyclic) bond motifs is 1. The van der Waals surface area contributed by atoms with Crippen molar-refractivity contribution in [2.24, 2.45) is 50.5 Å². The van der Waals surface area contributed by atoms with E-state index in [1.54, 1.807) is 30.5 Å². The highest BCUT2D eigenvalue weighted by molar-refractivity contribution is 6.31. The van der Waals surface area contributed by atoms with Crippen molar-refractivity contribution in [2.75, 3.05) is 26.2 Å². The predicted octanol–water partition coefficient (Wildman–Crippen LogP) is -1.52. The molecule has 402 valence electrons. The molecule has 0 saturated carbocycles. The number of ketones is 2. The molecule has 3 aromatic rings. The van der Waals surface area contributed by atoms with Gasteiger partial charge in [-0.05, 0) is 74.6 Å². The van der Waals surface area contributed by atoms with Gasteiger partial charge in [0.25, 0.3) is 0 Å². The maximum Gasteiger partial charge on any atom is 0.245 e. The Kier molecular flexibility index (Phi) is 23.7. The third-order valence-electron chi connectivity index (χ3n) is 12.4. The molecule has 0 bridgehead atoms. The third-order valence-corrected chi connectivity index (χ3v) is 12.7. The number of aliphatic hydroxyl groups is 1. The van der Waals surface area contributed by atoms with Crippen LogP contribution in [0.2, 0.25) is 5.02 Å². The van der Waals surface area contributed by atoms with E-state index in [4.69, 9.17) is 40.3 Å². The Morgan fingerprint density at radius 1 is 0.770 bits per heavy atom. The quantitative estimate of drug-likeness (QED) is 0.0415. The topological polar surface area (TPSA) is 417 Å². The number of halogens is 1. The number of guanidine groups is 2. The van der Waals surface area contributed by atoms with Crippen molar-refractivity contribution in [3.05, 3.63) is 70.9 Å². The van der Waals surface area contributed by atoms with E-state index < -0.39 is 114 Å². The van der Waals surface area contributed by atoms with Crippen LogP contribution < -0.4 is 60.6 Å². The number of carbonyl (C=O) groups is 9. The van der Waals surface area contributed by atoms with Crippen LogP contribution in [0, 0.1) is 11.8 Å². The molecule has 1 fully saturated rings. The second-order valence-corrected chi connectivity index (χ2v) is 18.5. The molecule has 0 radical (unpaired) electrons. The van der Waals surface area contributed by atoms with Crippen LogP contribution in [0.25, 0.3) is 10.9 Å². The Balaban J connectivity index is 1.75. The van der Waals surface area contributed by atoms with Crippen molar-refractivity contribution in [1.82, 2.24) is 36.9 Å². The standard InChI is InChI=1S/C49H69ClN14O10/c1-27(66)60-36(15-8-20-58-49(54)55)45(72)62-37-16-17-42(69)56-18-7-14-35(43(51)70)61-44(71)30(21-31-25-59-34-13-5-3-11-32(31)34)24-40(67)29(10-6-19-57-48(52)53)23-41(68)38(22-28-9-2-4-12-33(28)50)63-47(74)39(26-65)64-46(37)73/h2-5,9,11-13,25,29-30,35-39,59,65H,6-8,10,14-24,26H2,1H3,(H2,51,70)(H,56,69)(H,60,66)(H,61,71)(H,62,72)(H,63,74)(H,64,73)(H4,52,53,57)(H4,54,55,58)/t29-,30-,35+,36+,37+,38-,39+/m1/s1. The number of Topliss-reactive ketones (excluding diaryl/α,β-unsaturated/α-hetero) is 2. The highest BCUT2D eigenvalue weighted by Crippen LogP contribution is 2.27. The number of para-hydroxylation sites is 1. The normalized spacial score (nSPS) is 21.4. The zero-order valence-corrected chi connectivity index (χ0v) is 42.1. The van der Waals surface area contributed by atoms with Crippen LogP contribution in [-0.4, -0.2) is 131 Å². The average Bonchev–Trinajstić information content (AvgIpc) is 3.76. The lowest BCUT2D eigenvalue weighted by Crippen LogP contribution is -2.59. The number of nitrogens with zero attached hydrogens (tertiary/aromatic N) is 2. The maximum absolute atomic E-state index is 14.7. The molecule has 1 aliphatic rings. The lowest BCUT2D eigenvalue weighted by molar-refractivity contribution is -0.136. The minimum absolute atomic E-state index is 0.0168. The molecule has 2 heterocycles. The molecule has 74 heavy (non-hydrogen) atoms. The molecule has 18 N–H and O–H groups in total. The van der Waals surface area contributed by atoms with Gasteiger partial charge in [-0.15, -0.1) is 0 Å². The zero-order valence-electron chi connectivity index (χ0n) is 41.3. The number of aromatic amines is 1. The number of carbonyl (C=O) groups excluding carboxylic acids is 9. The van der Waals surface area contributed by atoms with Gasteiger partial charge < -0.3 is 70.7 Å². The Morgan fingerprint density at radius 3 is 2.11 bits per heavy atom. The van der Waals surface area contributed by atoms with Gasteiger partial charge in [-0.2, -0.15) is 0 Å². The fourth-order valence-electron chi connectivity index (χ4n) is 8.44. The molecule has 7 amide bonds. The van der Waals surface area contributed by atoms with Crippen LogP contribution in [-0.2, 0) is 56.0 Å². The van der Waals surface area contributed by atoms with Crippen LogP contribution in [0.3, 0.4) is 0 Å². The number of aliphatic imine (C=N–C) groups is 2. The van der Waals surface area contributed by atoms with Crippen molar-refractivity contribution < 1.29 is 48.3 Å². The summed E-state index contributed by atoms with van der Waals surface area (Å²) in [6.07, 6.45) is 0.624. The Morgan fingerprint density at radius 2 is 1.43 bits per heavy atom. The van der Waals surface area contributed by atoms with Gasteiger partial charge in [0.1, 0.15) is 30.0 Å². The smallest absolute Gasteiger partial charge is 0.245 e. The predicted molar refractivity (Wildman–Crippen MR) is 276 cm³/mol. The number of primary amides is 1. The van der Waals surface area contributed by atoms with Gasteiger partial charge in [0.05, 0.1) is 12.6 Å². The molecule has 1 saturated heterocycles. The molecule has 2 aromatic carbocycles. The molecular weight excluding hydrogens is 980 g/mol. The van der Waals surface area contributed by atoms with Gasteiger partial charge in [-0.25, -0.2) is 0 Å². The largest absolute Gasteiger partial charge is 0.394 e. The van der Waals surface area contributed by atoms with Crippen LogP contribution >= 0.6 is 11.6 Å². The van der Waals surface area contributed by atoms with E-state index in [9.17, 15) is 48.3 Å². The molecule has 1 aromatic heterocycles. The summed E-state index contributed by atoms with van der Waals surface area (Å²) >= 11 is 6.54. The second kappa shape index (κ2) is 29.8. The van der Waals surface area contributed by atoms with E-state index in [1.807, 2.05) is 24.3 Å². The number of H-pyrrole nitrogens is 1. The molecule has 1 aliphatic heterocycles. The molecule has 7 atom stereocenters. The second-order valence-electron chi connectivity index (χ2n) is 18.1. The van der Waals surface area contributed by atoms with E-state index in [0.717, 1.165) is 10.9 Å². The van der Waals surface area contributed by atoms with Gasteiger partial charge in [-0.1, -0.05) is 48.0 Å².